The molecule has 18 heavy (non-hydrogen) atoms. The lowest BCUT2D eigenvalue weighted by Crippen LogP contribution is -2.23. The molecule has 2 aromatic rings. The Kier molecular flexibility index (Phi) is 3.62. The van der Waals surface area contributed by atoms with E-state index < -0.39 is 5.97 Å². The first kappa shape index (κ1) is 12.2. The maximum atomic E-state index is 11.1. The Bertz CT molecular complexity index is 523. The highest BCUT2D eigenvalue weighted by atomic mass is 16.4. The number of benzene rings is 1. The van der Waals surface area contributed by atoms with E-state index in [9.17, 15) is 4.79 Å². The molecule has 5 nitrogen and oxygen atoms in total. The van der Waals surface area contributed by atoms with Crippen LogP contribution in [0.15, 0.2) is 42.7 Å². The summed E-state index contributed by atoms with van der Waals surface area (Å²) in [6.07, 6.45) is 3.60. The van der Waals surface area contributed by atoms with Crippen molar-refractivity contribution in [2.75, 3.05) is 5.32 Å². The van der Waals surface area contributed by atoms with Crippen LogP contribution in [0.2, 0.25) is 0 Å². The van der Waals surface area contributed by atoms with E-state index in [1.807, 2.05) is 25.3 Å². The van der Waals surface area contributed by atoms with Crippen LogP contribution >= 0.6 is 0 Å². The van der Waals surface area contributed by atoms with Crippen LogP contribution in [0.3, 0.4) is 0 Å². The van der Waals surface area contributed by atoms with Gasteiger partial charge < -0.3 is 10.4 Å². The van der Waals surface area contributed by atoms with Crippen LogP contribution in [0.5, 0.6) is 0 Å². The first-order chi connectivity index (χ1) is 8.66. The van der Waals surface area contributed by atoms with Gasteiger partial charge in [-0.1, -0.05) is 12.1 Å². The summed E-state index contributed by atoms with van der Waals surface area (Å²) >= 11 is 0. The predicted octanol–water partition coefficient (Wildman–Crippen LogP) is 2.08. The zero-order valence-electron chi connectivity index (χ0n) is 10.1. The molecule has 1 unspecified atom stereocenters. The van der Waals surface area contributed by atoms with Crippen molar-refractivity contribution in [2.45, 2.75) is 19.5 Å². The van der Waals surface area contributed by atoms with Gasteiger partial charge in [0.05, 0.1) is 12.1 Å². The second-order valence-electron chi connectivity index (χ2n) is 4.12. The molecule has 0 saturated carbocycles. The monoisotopic (exact) mass is 245 g/mol. The Labute approximate surface area is 105 Å². The minimum atomic E-state index is -0.926. The second kappa shape index (κ2) is 5.35. The zero-order chi connectivity index (χ0) is 13.0. The number of aromatic nitrogens is 2. The highest BCUT2D eigenvalue weighted by Crippen LogP contribution is 2.16. The standard InChI is InChI=1S/C13H15N3O2/c1-10(9-16-8-4-7-14-16)15-12-6-3-2-5-11(12)13(17)18/h2-8,10,15H,9H2,1H3,(H,17,18). The number of anilines is 1. The fourth-order valence-electron chi connectivity index (χ4n) is 1.80. The summed E-state index contributed by atoms with van der Waals surface area (Å²) in [7, 11) is 0. The van der Waals surface area contributed by atoms with E-state index in [0.717, 1.165) is 0 Å². The number of hydrogen-bond acceptors (Lipinski definition) is 3. The molecule has 2 N–H and O–H groups in total. The lowest BCUT2D eigenvalue weighted by molar-refractivity contribution is 0.0698. The van der Waals surface area contributed by atoms with Gasteiger partial charge in [0.2, 0.25) is 0 Å². The fourth-order valence-corrected chi connectivity index (χ4v) is 1.80. The van der Waals surface area contributed by atoms with Gasteiger partial charge in [-0.3, -0.25) is 4.68 Å². The highest BCUT2D eigenvalue weighted by Gasteiger charge is 2.11. The molecule has 5 heteroatoms. The van der Waals surface area contributed by atoms with Crippen molar-refractivity contribution in [1.82, 2.24) is 9.78 Å². The Morgan fingerprint density at radius 1 is 1.44 bits per heavy atom. The van der Waals surface area contributed by atoms with E-state index in [1.165, 1.54) is 0 Å². The maximum Gasteiger partial charge on any atom is 0.337 e. The first-order valence-corrected chi connectivity index (χ1v) is 5.73. The topological polar surface area (TPSA) is 67.2 Å². The minimum Gasteiger partial charge on any atom is -0.478 e. The second-order valence-corrected chi connectivity index (χ2v) is 4.12. The number of nitrogens with zero attached hydrogens (tertiary/aromatic N) is 2. The molecule has 94 valence electrons. The highest BCUT2D eigenvalue weighted by molar-refractivity contribution is 5.94. The van der Waals surface area contributed by atoms with Gasteiger partial charge in [-0.25, -0.2) is 4.79 Å². The lowest BCUT2D eigenvalue weighted by atomic mass is 10.1. The Hall–Kier alpha value is -2.30. The molecule has 1 atom stereocenters. The fraction of sp³-hybridized carbons (Fsp3) is 0.231. The van der Waals surface area contributed by atoms with Crippen molar-refractivity contribution in [3.05, 3.63) is 48.3 Å². The van der Waals surface area contributed by atoms with E-state index in [0.29, 0.717) is 12.2 Å². The molecule has 1 heterocycles. The van der Waals surface area contributed by atoms with Crippen molar-refractivity contribution in [1.29, 1.82) is 0 Å². The molecule has 0 spiro atoms. The number of nitrogens with one attached hydrogen (secondary N) is 1. The molecule has 0 fully saturated rings. The summed E-state index contributed by atoms with van der Waals surface area (Å²) in [4.78, 5) is 11.1. The van der Waals surface area contributed by atoms with Gasteiger partial charge in [-0.15, -0.1) is 0 Å². The molecule has 0 aliphatic carbocycles. The normalized spacial score (nSPS) is 12.1. The molecule has 0 saturated heterocycles. The third kappa shape index (κ3) is 2.88. The molecule has 0 radical (unpaired) electrons. The average Bonchev–Trinajstić information content (AvgIpc) is 2.82. The quantitative estimate of drug-likeness (QED) is 0.846. The molecule has 1 aromatic heterocycles. The van der Waals surface area contributed by atoms with Crippen molar-refractivity contribution >= 4 is 11.7 Å². The van der Waals surface area contributed by atoms with Crippen LogP contribution in [-0.2, 0) is 6.54 Å². The van der Waals surface area contributed by atoms with Gasteiger partial charge in [0.15, 0.2) is 0 Å². The Balaban J connectivity index is 2.07. The third-order valence-electron chi connectivity index (χ3n) is 2.58. The van der Waals surface area contributed by atoms with Gasteiger partial charge in [0.25, 0.3) is 0 Å². The summed E-state index contributed by atoms with van der Waals surface area (Å²) < 4.78 is 1.81. The minimum absolute atomic E-state index is 0.0883. The summed E-state index contributed by atoms with van der Waals surface area (Å²) in [5.74, 6) is -0.926. The number of rotatable bonds is 5. The third-order valence-corrected chi connectivity index (χ3v) is 2.58. The van der Waals surface area contributed by atoms with E-state index in [1.54, 1.807) is 29.1 Å². The van der Waals surface area contributed by atoms with Gasteiger partial charge in [-0.2, -0.15) is 5.10 Å². The summed E-state index contributed by atoms with van der Waals surface area (Å²) in [6.45, 7) is 2.67. The van der Waals surface area contributed by atoms with Crippen molar-refractivity contribution in [3.63, 3.8) is 0 Å². The molecular weight excluding hydrogens is 230 g/mol. The molecule has 0 bridgehead atoms. The first-order valence-electron chi connectivity index (χ1n) is 5.73. The van der Waals surface area contributed by atoms with Crippen LogP contribution in [0.25, 0.3) is 0 Å². The largest absolute Gasteiger partial charge is 0.478 e. The van der Waals surface area contributed by atoms with Crippen LogP contribution < -0.4 is 5.32 Å². The van der Waals surface area contributed by atoms with Gasteiger partial charge in [-0.05, 0) is 25.1 Å². The molecule has 0 aliphatic rings. The number of aromatic carboxylic acids is 1. The summed E-state index contributed by atoms with van der Waals surface area (Å²) in [5.41, 5.74) is 0.912. The van der Waals surface area contributed by atoms with Gasteiger partial charge in [0, 0.05) is 24.1 Å². The smallest absolute Gasteiger partial charge is 0.337 e. The van der Waals surface area contributed by atoms with Crippen LogP contribution in [0.4, 0.5) is 5.69 Å². The van der Waals surface area contributed by atoms with Crippen molar-refractivity contribution in [3.8, 4) is 0 Å². The molecule has 2 rings (SSSR count). The maximum absolute atomic E-state index is 11.1. The number of carboxylic acids is 1. The van der Waals surface area contributed by atoms with Gasteiger partial charge >= 0.3 is 5.97 Å². The molecule has 0 amide bonds. The van der Waals surface area contributed by atoms with E-state index in [4.69, 9.17) is 5.11 Å². The SMILES string of the molecule is CC(Cn1cccn1)Nc1ccccc1C(=O)O. The molecule has 1 aromatic carbocycles. The van der Waals surface area contributed by atoms with E-state index in [2.05, 4.69) is 10.4 Å². The van der Waals surface area contributed by atoms with Crippen molar-refractivity contribution < 1.29 is 9.90 Å². The average molecular weight is 245 g/mol. The molecular formula is C13H15N3O2. The Morgan fingerprint density at radius 3 is 2.89 bits per heavy atom. The van der Waals surface area contributed by atoms with E-state index >= 15 is 0 Å². The summed E-state index contributed by atoms with van der Waals surface area (Å²) in [6, 6.07) is 8.83. The van der Waals surface area contributed by atoms with Gasteiger partial charge in [0.1, 0.15) is 0 Å². The predicted molar refractivity (Wildman–Crippen MR) is 68.7 cm³/mol. The van der Waals surface area contributed by atoms with Crippen molar-refractivity contribution in [2.24, 2.45) is 0 Å². The van der Waals surface area contributed by atoms with Crippen LogP contribution in [0.1, 0.15) is 17.3 Å². The number of carbonyl (C=O) groups is 1. The van der Waals surface area contributed by atoms with E-state index in [-0.39, 0.29) is 11.6 Å². The number of para-hydroxylation sites is 1. The van der Waals surface area contributed by atoms with Crippen LogP contribution in [-0.4, -0.2) is 26.9 Å². The Morgan fingerprint density at radius 2 is 2.22 bits per heavy atom. The number of carboxylic acid groups (broad SMARTS) is 1. The van der Waals surface area contributed by atoms with Crippen LogP contribution in [0, 0.1) is 0 Å². The molecule has 0 aliphatic heterocycles. The summed E-state index contributed by atoms with van der Waals surface area (Å²) in [5, 5.41) is 16.4. The zero-order valence-corrected chi connectivity index (χ0v) is 10.1. The number of hydrogen-bond donors (Lipinski definition) is 2. The lowest BCUT2D eigenvalue weighted by Gasteiger charge is -2.16.